The zero-order valence-electron chi connectivity index (χ0n) is 31.1. The van der Waals surface area contributed by atoms with Crippen molar-refractivity contribution in [1.29, 1.82) is 5.26 Å². The van der Waals surface area contributed by atoms with Gasteiger partial charge in [-0.05, 0) is 119 Å². The number of carbonyl (C=O) groups excluding carboxylic acids is 2. The van der Waals surface area contributed by atoms with Crippen LogP contribution in [0.25, 0.3) is 44.7 Å². The van der Waals surface area contributed by atoms with Crippen molar-refractivity contribution in [2.45, 2.75) is 66.0 Å². The Morgan fingerprint density at radius 2 is 1.73 bits per heavy atom. The average Bonchev–Trinajstić information content (AvgIpc) is 3.59. The van der Waals surface area contributed by atoms with Gasteiger partial charge < -0.3 is 14.5 Å². The topological polar surface area (TPSA) is 147 Å². The van der Waals surface area contributed by atoms with Crippen LogP contribution in [-0.2, 0) is 16.1 Å². The number of carbonyl (C=O) groups is 2. The first-order chi connectivity index (χ1) is 26.3. The summed E-state index contributed by atoms with van der Waals surface area (Å²) in [4.78, 5) is 43.3. The van der Waals surface area contributed by atoms with Gasteiger partial charge in [-0.2, -0.15) is 5.26 Å². The largest absolute Gasteiger partial charge is 0.460 e. The molecule has 1 aliphatic heterocycles. The van der Waals surface area contributed by atoms with E-state index in [0.29, 0.717) is 53.9 Å². The van der Waals surface area contributed by atoms with Gasteiger partial charge in [-0.1, -0.05) is 24.3 Å². The number of nitrogens with zero attached hydrogens (tertiary/aromatic N) is 6. The number of aldehydes is 1. The first kappa shape index (κ1) is 37.2. The van der Waals surface area contributed by atoms with Crippen LogP contribution in [0.5, 0.6) is 0 Å². The highest BCUT2D eigenvalue weighted by atomic mass is 19.3. The lowest BCUT2D eigenvalue weighted by molar-refractivity contribution is -0.161. The predicted molar refractivity (Wildman–Crippen MR) is 204 cm³/mol. The third-order valence-corrected chi connectivity index (χ3v) is 9.75. The van der Waals surface area contributed by atoms with Gasteiger partial charge >= 0.3 is 5.97 Å². The second-order valence-corrected chi connectivity index (χ2v) is 14.8. The Balaban J connectivity index is 1.16. The maximum atomic E-state index is 13.8. The molecule has 1 aliphatic rings. The van der Waals surface area contributed by atoms with Crippen LogP contribution in [0, 0.1) is 31.1 Å². The van der Waals surface area contributed by atoms with Crippen molar-refractivity contribution >= 4 is 45.9 Å². The standard InChI is InChI=1S/C42H39F2N7O4/c1-23-29(30-9-7-11-32(24(30)2)47-38-35-33(18-26(22-52)20-46-35)48-39(50-38)37(43)44)8-6-10-31(23)40-49-34-17-25(16-28(19-45)36(34)54-40)21-51-14-12-27(13-15-51)41(53)55-42(3,4)5/h6-11,16-18,20,22,27,37H,12-15,21H2,1-5H3,(H,47,48,50). The van der Waals surface area contributed by atoms with E-state index in [2.05, 4.69) is 31.2 Å². The average molecular weight is 744 g/mol. The van der Waals surface area contributed by atoms with E-state index in [1.54, 1.807) is 0 Å². The molecule has 0 aliphatic carbocycles. The Morgan fingerprint density at radius 1 is 1.02 bits per heavy atom. The fourth-order valence-corrected chi connectivity index (χ4v) is 7.00. The maximum absolute atomic E-state index is 13.8. The molecule has 6 aromatic rings. The molecule has 55 heavy (non-hydrogen) atoms. The summed E-state index contributed by atoms with van der Waals surface area (Å²) in [7, 11) is 0. The van der Waals surface area contributed by atoms with E-state index in [-0.39, 0.29) is 34.3 Å². The Kier molecular flexibility index (Phi) is 10.1. The number of fused-ring (bicyclic) bond motifs is 2. The van der Waals surface area contributed by atoms with E-state index in [4.69, 9.17) is 14.1 Å². The number of oxazole rings is 1. The molecular weight excluding hydrogens is 705 g/mol. The van der Waals surface area contributed by atoms with Gasteiger partial charge in [0.15, 0.2) is 23.5 Å². The summed E-state index contributed by atoms with van der Waals surface area (Å²) in [5, 5.41) is 13.3. The molecule has 3 aromatic carbocycles. The monoisotopic (exact) mass is 743 g/mol. The van der Waals surface area contributed by atoms with Crippen LogP contribution in [0.15, 0.2) is 65.2 Å². The molecule has 7 rings (SSSR count). The molecule has 1 N–H and O–H groups in total. The maximum Gasteiger partial charge on any atom is 0.309 e. The number of piperidine rings is 1. The second-order valence-electron chi connectivity index (χ2n) is 14.8. The Bertz CT molecular complexity index is 2500. The highest BCUT2D eigenvalue weighted by Gasteiger charge is 2.29. The number of nitriles is 1. The van der Waals surface area contributed by atoms with Crippen molar-refractivity contribution in [1.82, 2.24) is 24.8 Å². The molecule has 0 spiro atoms. The molecule has 1 saturated heterocycles. The van der Waals surface area contributed by atoms with E-state index < -0.39 is 17.9 Å². The zero-order valence-corrected chi connectivity index (χ0v) is 31.1. The van der Waals surface area contributed by atoms with Crippen LogP contribution in [-0.4, -0.2) is 55.8 Å². The number of halogens is 2. The number of hydrogen-bond acceptors (Lipinski definition) is 11. The van der Waals surface area contributed by atoms with Crippen LogP contribution in [0.2, 0.25) is 0 Å². The van der Waals surface area contributed by atoms with E-state index in [1.165, 1.54) is 12.3 Å². The minimum Gasteiger partial charge on any atom is -0.460 e. The van der Waals surface area contributed by atoms with Gasteiger partial charge in [0.1, 0.15) is 22.7 Å². The first-order valence-electron chi connectivity index (χ1n) is 18.0. The number of benzene rings is 3. The van der Waals surface area contributed by atoms with Crippen LogP contribution < -0.4 is 5.32 Å². The third kappa shape index (κ3) is 7.77. The molecule has 0 atom stereocenters. The van der Waals surface area contributed by atoms with E-state index in [1.807, 2.05) is 83.1 Å². The molecule has 13 heteroatoms. The lowest BCUT2D eigenvalue weighted by Crippen LogP contribution is -2.38. The van der Waals surface area contributed by atoms with E-state index in [0.717, 1.165) is 46.5 Å². The molecule has 0 unspecified atom stereocenters. The molecule has 4 heterocycles. The van der Waals surface area contributed by atoms with Gasteiger partial charge in [0.05, 0.1) is 17.0 Å². The van der Waals surface area contributed by atoms with Crippen LogP contribution >= 0.6 is 0 Å². The number of rotatable bonds is 9. The lowest BCUT2D eigenvalue weighted by atomic mass is 9.93. The number of esters is 1. The van der Waals surface area contributed by atoms with Crippen molar-refractivity contribution in [3.05, 3.63) is 94.4 Å². The fourth-order valence-electron chi connectivity index (χ4n) is 7.00. The Hall–Kier alpha value is -6.13. The van der Waals surface area contributed by atoms with Gasteiger partial charge in [0.25, 0.3) is 6.43 Å². The summed E-state index contributed by atoms with van der Waals surface area (Å²) < 4.78 is 39.5. The number of nitrogens with one attached hydrogen (secondary N) is 1. The third-order valence-electron chi connectivity index (χ3n) is 9.75. The molecule has 0 saturated carbocycles. The molecule has 280 valence electrons. The number of hydrogen-bond donors (Lipinski definition) is 1. The fraction of sp³-hybridized carbons (Fsp3) is 0.310. The first-order valence-corrected chi connectivity index (χ1v) is 18.0. The number of pyridine rings is 1. The molecule has 0 amide bonds. The number of alkyl halides is 2. The Morgan fingerprint density at radius 3 is 2.42 bits per heavy atom. The summed E-state index contributed by atoms with van der Waals surface area (Å²) in [6, 6.07) is 18.9. The number of ether oxygens (including phenoxy) is 1. The highest BCUT2D eigenvalue weighted by molar-refractivity contribution is 5.92. The lowest BCUT2D eigenvalue weighted by Gasteiger charge is -2.32. The van der Waals surface area contributed by atoms with Crippen LogP contribution in [0.4, 0.5) is 20.3 Å². The van der Waals surface area contributed by atoms with Gasteiger partial charge in [0.2, 0.25) is 5.89 Å². The van der Waals surface area contributed by atoms with Crippen LogP contribution in [0.3, 0.4) is 0 Å². The van der Waals surface area contributed by atoms with Gasteiger partial charge in [-0.25, -0.2) is 28.7 Å². The molecule has 11 nitrogen and oxygen atoms in total. The van der Waals surface area contributed by atoms with Crippen molar-refractivity contribution in [2.75, 3.05) is 18.4 Å². The molecule has 0 bridgehead atoms. The molecular formula is C42H39F2N7O4. The Labute approximate surface area is 316 Å². The molecule has 0 radical (unpaired) electrons. The van der Waals surface area contributed by atoms with E-state index >= 15 is 0 Å². The quantitative estimate of drug-likeness (QED) is 0.112. The summed E-state index contributed by atoms with van der Waals surface area (Å²) in [6.07, 6.45) is 0.413. The zero-order chi connectivity index (χ0) is 39.0. The van der Waals surface area contributed by atoms with Crippen molar-refractivity contribution in [2.24, 2.45) is 5.92 Å². The highest BCUT2D eigenvalue weighted by Crippen LogP contribution is 2.38. The van der Waals surface area contributed by atoms with Crippen molar-refractivity contribution < 1.29 is 27.5 Å². The normalized spacial score (nSPS) is 14.0. The number of aromatic nitrogens is 4. The second kappa shape index (κ2) is 14.9. The van der Waals surface area contributed by atoms with E-state index in [9.17, 15) is 23.6 Å². The minimum absolute atomic E-state index is 0.0906. The SMILES string of the molecule is Cc1c(Nc2nc(C(F)F)nc3cc(C=O)cnc23)cccc1-c1cccc(-c2nc3cc(CN4CCC(C(=O)OC(C)(C)C)CC4)cc(C#N)c3o2)c1C. The molecule has 1 fully saturated rings. The van der Waals surface area contributed by atoms with Crippen LogP contribution in [0.1, 0.15) is 78.5 Å². The molecule has 3 aromatic heterocycles. The van der Waals surface area contributed by atoms with Gasteiger partial charge in [0, 0.05) is 29.6 Å². The predicted octanol–water partition coefficient (Wildman–Crippen LogP) is 9.04. The van der Waals surface area contributed by atoms with Gasteiger partial charge in [-0.3, -0.25) is 14.5 Å². The number of anilines is 2. The summed E-state index contributed by atoms with van der Waals surface area (Å²) in [5.41, 5.74) is 7.22. The number of likely N-dealkylation sites (tertiary alicyclic amines) is 1. The minimum atomic E-state index is -2.93. The summed E-state index contributed by atoms with van der Waals surface area (Å²) >= 11 is 0. The summed E-state index contributed by atoms with van der Waals surface area (Å²) in [6.45, 7) is 11.6. The van der Waals surface area contributed by atoms with Crippen molar-refractivity contribution in [3.8, 4) is 28.7 Å². The van der Waals surface area contributed by atoms with Gasteiger partial charge in [-0.15, -0.1) is 0 Å². The smallest absolute Gasteiger partial charge is 0.309 e. The summed E-state index contributed by atoms with van der Waals surface area (Å²) in [5.74, 6) is -0.483. The van der Waals surface area contributed by atoms with Crippen molar-refractivity contribution in [3.63, 3.8) is 0 Å².